The molecule has 2 rings (SSSR count). The highest BCUT2D eigenvalue weighted by Gasteiger charge is 2.24. The van der Waals surface area contributed by atoms with E-state index in [1.165, 1.54) is 19.3 Å². The van der Waals surface area contributed by atoms with E-state index in [0.29, 0.717) is 0 Å². The van der Waals surface area contributed by atoms with E-state index in [0.717, 1.165) is 18.7 Å². The van der Waals surface area contributed by atoms with Crippen molar-refractivity contribution in [1.29, 1.82) is 0 Å². The Hall–Kier alpha value is -0.890. The zero-order valence-corrected chi connectivity index (χ0v) is 9.70. The molecule has 84 valence electrons. The monoisotopic (exact) mass is 215 g/mol. The molecule has 1 fully saturated rings. The molecule has 0 aromatic heterocycles. The van der Waals surface area contributed by atoms with Gasteiger partial charge in [0.1, 0.15) is 0 Å². The average Bonchev–Trinajstić information content (AvgIpc) is 2.39. The summed E-state index contributed by atoms with van der Waals surface area (Å²) in [6, 6.07) is -0.00361. The third-order valence-electron chi connectivity index (χ3n) is 3.26. The minimum atomic E-state index is -0.00361. The molecule has 0 spiro atoms. The maximum absolute atomic E-state index is 12.2. The van der Waals surface area contributed by atoms with Gasteiger partial charge in [0.15, 0.2) is 5.78 Å². The van der Waals surface area contributed by atoms with Crippen LogP contribution in [0.2, 0.25) is 0 Å². The lowest BCUT2D eigenvalue weighted by Gasteiger charge is -2.31. The number of rotatable bonds is 3. The maximum Gasteiger partial charge on any atom is 0.179 e. The second kappa shape index (κ2) is 5.44. The van der Waals surface area contributed by atoms with Gasteiger partial charge in [-0.05, 0) is 32.9 Å². The Morgan fingerprint density at radius 3 is 2.69 bits per heavy atom. The fourth-order valence-corrected chi connectivity index (χ4v) is 2.21. The summed E-state index contributed by atoms with van der Waals surface area (Å²) >= 11 is 0. The van der Waals surface area contributed by atoms with Crippen molar-refractivity contribution in [2.75, 3.05) is 13.1 Å². The number of hydrogen-bond donors (Lipinski definition) is 0. The van der Waals surface area contributed by atoms with Crippen molar-refractivity contribution in [2.24, 2.45) is 0 Å². The smallest absolute Gasteiger partial charge is 0.179 e. The molecule has 1 atom stereocenters. The van der Waals surface area contributed by atoms with Gasteiger partial charge in [-0.25, -0.2) is 0 Å². The summed E-state index contributed by atoms with van der Waals surface area (Å²) in [5.74, 6) is 0.201. The van der Waals surface area contributed by atoms with Gasteiger partial charge in [0.2, 0.25) is 0 Å². The first-order valence-corrected chi connectivity index (χ1v) is 5.95. The molecule has 0 bridgehead atoms. The van der Waals surface area contributed by atoms with E-state index in [4.69, 9.17) is 0 Å². The number of likely N-dealkylation sites (tertiary alicyclic amines) is 1. The molecule has 1 unspecified atom stereocenters. The van der Waals surface area contributed by atoms with Crippen LogP contribution in [0.3, 0.4) is 0 Å². The van der Waals surface area contributed by atoms with Gasteiger partial charge in [0.25, 0.3) is 0 Å². The molecule has 0 amide bonds. The summed E-state index contributed by atoms with van der Waals surface area (Å²) in [4.78, 5) is 14.4. The van der Waals surface area contributed by atoms with Crippen molar-refractivity contribution in [1.82, 2.24) is 4.90 Å². The van der Waals surface area contributed by atoms with Gasteiger partial charge >= 0.3 is 0 Å². The van der Waals surface area contributed by atoms with Crippen LogP contribution in [0.5, 0.6) is 0 Å². The number of carbonyl (C=O) groups is 1. The van der Waals surface area contributed by atoms with Crippen LogP contribution in [0, 0.1) is 12.8 Å². The van der Waals surface area contributed by atoms with Crippen molar-refractivity contribution in [3.8, 4) is 0 Å². The van der Waals surface area contributed by atoms with E-state index < -0.39 is 0 Å². The number of allylic oxidation sites excluding steroid dienone is 3. The number of piperidine rings is 1. The standard InChI is InChI=1S/C14H17NO/c1-12(15-10-6-3-7-11-15)14(16)13-8-4-2-5-9-13/h4,8-9,12H,3,6-7,10-11H2,1H3. The lowest BCUT2D eigenvalue weighted by atomic mass is 9.97. The van der Waals surface area contributed by atoms with Crippen LogP contribution in [0.1, 0.15) is 26.2 Å². The Kier molecular flexibility index (Phi) is 3.94. The van der Waals surface area contributed by atoms with Crippen LogP contribution in [0.15, 0.2) is 23.8 Å². The molecule has 4 radical (unpaired) electrons. The molecule has 1 aliphatic heterocycles. The van der Waals surface area contributed by atoms with Gasteiger partial charge in [-0.3, -0.25) is 9.69 Å². The maximum atomic E-state index is 12.2. The van der Waals surface area contributed by atoms with Gasteiger partial charge in [-0.2, -0.15) is 0 Å². The fourth-order valence-electron chi connectivity index (χ4n) is 2.21. The molecule has 2 heteroatoms. The Bertz CT molecular complexity index is 311. The van der Waals surface area contributed by atoms with Crippen molar-refractivity contribution in [3.05, 3.63) is 36.6 Å². The average molecular weight is 215 g/mol. The lowest BCUT2D eigenvalue weighted by molar-refractivity contribution is -0.120. The quantitative estimate of drug-likeness (QED) is 0.718. The van der Waals surface area contributed by atoms with E-state index in [1.807, 2.05) is 13.0 Å². The van der Waals surface area contributed by atoms with Gasteiger partial charge < -0.3 is 0 Å². The number of hydrogen-bond acceptors (Lipinski definition) is 2. The van der Waals surface area contributed by atoms with Gasteiger partial charge in [-0.1, -0.05) is 24.6 Å². The lowest BCUT2D eigenvalue weighted by Crippen LogP contribution is -2.42. The Labute approximate surface area is 98.0 Å². The van der Waals surface area contributed by atoms with Gasteiger partial charge in [-0.15, -0.1) is 0 Å². The Morgan fingerprint density at radius 1 is 1.31 bits per heavy atom. The molecule has 1 heterocycles. The second-order valence-corrected chi connectivity index (χ2v) is 4.36. The largest absolute Gasteiger partial charge is 0.294 e. The first-order chi connectivity index (χ1) is 7.79. The summed E-state index contributed by atoms with van der Waals surface area (Å²) < 4.78 is 0. The molecular weight excluding hydrogens is 198 g/mol. The normalized spacial score (nSPS) is 23.9. The minimum absolute atomic E-state index is 0.00361. The van der Waals surface area contributed by atoms with Crippen LogP contribution in [-0.2, 0) is 4.79 Å². The first kappa shape index (κ1) is 11.6. The first-order valence-electron chi connectivity index (χ1n) is 5.95. The van der Waals surface area contributed by atoms with Crippen molar-refractivity contribution >= 4 is 5.78 Å². The van der Waals surface area contributed by atoms with Crippen LogP contribution in [0.25, 0.3) is 0 Å². The highest BCUT2D eigenvalue weighted by Crippen LogP contribution is 2.17. The van der Waals surface area contributed by atoms with Crippen LogP contribution >= 0.6 is 0 Å². The van der Waals surface area contributed by atoms with Crippen LogP contribution in [-0.4, -0.2) is 29.8 Å². The van der Waals surface area contributed by atoms with Crippen LogP contribution < -0.4 is 0 Å². The minimum Gasteiger partial charge on any atom is -0.294 e. The van der Waals surface area contributed by atoms with E-state index >= 15 is 0 Å². The molecule has 0 saturated carbocycles. The third-order valence-corrected chi connectivity index (χ3v) is 3.26. The van der Waals surface area contributed by atoms with Gasteiger partial charge in [0.05, 0.1) is 6.04 Å². The molecule has 2 aliphatic rings. The Morgan fingerprint density at radius 2 is 2.06 bits per heavy atom. The SMILES string of the molecule is CC(C(=O)C1=C[C][C]C=C1)N1CCCCC1. The molecule has 0 N–H and O–H groups in total. The highest BCUT2D eigenvalue weighted by atomic mass is 16.1. The summed E-state index contributed by atoms with van der Waals surface area (Å²) in [6.45, 7) is 4.11. The summed E-state index contributed by atoms with van der Waals surface area (Å²) in [6.07, 6.45) is 14.7. The number of ketones is 1. The highest BCUT2D eigenvalue weighted by molar-refractivity contribution is 6.02. The number of nitrogens with zero attached hydrogens (tertiary/aromatic N) is 1. The predicted octanol–water partition coefficient (Wildman–Crippen LogP) is 2.09. The fraction of sp³-hybridized carbons (Fsp3) is 0.500. The number of Topliss-reactive ketones (excluding diaryl/α,β-unsaturated/α-hetero) is 1. The Balaban J connectivity index is 1.97. The molecule has 1 aliphatic carbocycles. The molecule has 16 heavy (non-hydrogen) atoms. The van der Waals surface area contributed by atoms with Crippen LogP contribution in [0.4, 0.5) is 0 Å². The molecular formula is C14H17NO. The number of carbonyl (C=O) groups excluding carboxylic acids is 1. The summed E-state index contributed by atoms with van der Waals surface area (Å²) in [5.41, 5.74) is 0.747. The zero-order valence-electron chi connectivity index (χ0n) is 9.70. The zero-order chi connectivity index (χ0) is 11.4. The summed E-state index contributed by atoms with van der Waals surface area (Å²) in [5, 5.41) is 0. The van der Waals surface area contributed by atoms with Gasteiger partial charge in [0, 0.05) is 18.4 Å². The molecule has 1 saturated heterocycles. The van der Waals surface area contributed by atoms with Crippen molar-refractivity contribution < 1.29 is 4.79 Å². The third kappa shape index (κ3) is 2.62. The molecule has 0 aromatic carbocycles. The van der Waals surface area contributed by atoms with E-state index in [1.54, 1.807) is 12.2 Å². The van der Waals surface area contributed by atoms with E-state index in [9.17, 15) is 4.79 Å². The molecule has 2 nitrogen and oxygen atoms in total. The summed E-state index contributed by atoms with van der Waals surface area (Å²) in [7, 11) is 0. The van der Waals surface area contributed by atoms with E-state index in [-0.39, 0.29) is 11.8 Å². The predicted molar refractivity (Wildman–Crippen MR) is 63.6 cm³/mol. The molecule has 0 aromatic rings. The van der Waals surface area contributed by atoms with E-state index in [2.05, 4.69) is 17.7 Å². The van der Waals surface area contributed by atoms with Crippen molar-refractivity contribution in [2.45, 2.75) is 32.2 Å². The second-order valence-electron chi connectivity index (χ2n) is 4.36. The topological polar surface area (TPSA) is 20.3 Å². The van der Waals surface area contributed by atoms with Crippen molar-refractivity contribution in [3.63, 3.8) is 0 Å².